The second-order valence-electron chi connectivity index (χ2n) is 5.54. The summed E-state index contributed by atoms with van der Waals surface area (Å²) in [6.45, 7) is 1.28. The summed E-state index contributed by atoms with van der Waals surface area (Å²) in [7, 11) is 0. The number of aliphatic hydroxyl groups excluding tert-OH is 1. The van der Waals surface area contributed by atoms with Gasteiger partial charge in [0.2, 0.25) is 11.7 Å². The first kappa shape index (κ1) is 15.9. The van der Waals surface area contributed by atoms with E-state index in [1.807, 2.05) is 4.90 Å². The van der Waals surface area contributed by atoms with Crippen LogP contribution in [0, 0.1) is 0 Å². The number of likely N-dealkylation sites (tertiary alicyclic amines) is 1. The minimum atomic E-state index is -4.41. The van der Waals surface area contributed by atoms with Crippen molar-refractivity contribution in [3.05, 3.63) is 35.7 Å². The summed E-state index contributed by atoms with van der Waals surface area (Å²) in [5.41, 5.74) is -0.490. The van der Waals surface area contributed by atoms with Gasteiger partial charge >= 0.3 is 6.18 Å². The zero-order valence-corrected chi connectivity index (χ0v) is 12.3. The van der Waals surface area contributed by atoms with E-state index in [0.717, 1.165) is 31.5 Å². The second kappa shape index (κ2) is 6.29. The lowest BCUT2D eigenvalue weighted by molar-refractivity contribution is -0.137. The molecule has 1 aliphatic rings. The first-order valence-corrected chi connectivity index (χ1v) is 7.32. The maximum Gasteiger partial charge on any atom is 0.416 e. The highest BCUT2D eigenvalue weighted by molar-refractivity contribution is 5.55. The smallest absolute Gasteiger partial charge is 0.395 e. The Morgan fingerprint density at radius 2 is 2.17 bits per heavy atom. The predicted molar refractivity (Wildman–Crippen MR) is 75.3 cm³/mol. The molecule has 0 spiro atoms. The minimum absolute atomic E-state index is 0.0641. The van der Waals surface area contributed by atoms with Crippen LogP contribution in [0.25, 0.3) is 11.4 Å². The van der Waals surface area contributed by atoms with E-state index in [1.54, 1.807) is 0 Å². The lowest BCUT2D eigenvalue weighted by atomic mass is 10.1. The molecule has 23 heavy (non-hydrogen) atoms. The summed E-state index contributed by atoms with van der Waals surface area (Å²) in [4.78, 5) is 6.20. The number of alkyl halides is 3. The first-order valence-electron chi connectivity index (χ1n) is 7.32. The molecule has 0 amide bonds. The summed E-state index contributed by atoms with van der Waals surface area (Å²) in [5, 5.41) is 13.0. The van der Waals surface area contributed by atoms with E-state index in [-0.39, 0.29) is 24.0 Å². The molecule has 1 N–H and O–H groups in total. The molecule has 0 radical (unpaired) electrons. The Labute approximate surface area is 130 Å². The molecule has 0 bridgehead atoms. The van der Waals surface area contributed by atoms with Crippen LogP contribution in [0.1, 0.15) is 24.3 Å². The molecule has 1 saturated heterocycles. The van der Waals surface area contributed by atoms with Gasteiger partial charge in [0.25, 0.3) is 0 Å². The van der Waals surface area contributed by atoms with Gasteiger partial charge in [0, 0.05) is 11.6 Å². The van der Waals surface area contributed by atoms with Gasteiger partial charge in [-0.3, -0.25) is 4.90 Å². The first-order chi connectivity index (χ1) is 11.0. The second-order valence-corrected chi connectivity index (χ2v) is 5.54. The molecule has 2 aromatic rings. The quantitative estimate of drug-likeness (QED) is 0.935. The van der Waals surface area contributed by atoms with Crippen LogP contribution in [-0.4, -0.2) is 39.3 Å². The third-order valence-electron chi connectivity index (χ3n) is 3.96. The van der Waals surface area contributed by atoms with Gasteiger partial charge in [-0.15, -0.1) is 0 Å². The molecule has 124 valence electrons. The van der Waals surface area contributed by atoms with E-state index in [4.69, 9.17) is 4.52 Å². The summed E-state index contributed by atoms with van der Waals surface area (Å²) in [6, 6.07) is 4.90. The average Bonchev–Trinajstić information content (AvgIpc) is 3.16. The lowest BCUT2D eigenvalue weighted by Crippen LogP contribution is -2.31. The van der Waals surface area contributed by atoms with Crippen LogP contribution in [0.4, 0.5) is 13.2 Å². The van der Waals surface area contributed by atoms with Crippen molar-refractivity contribution in [3.63, 3.8) is 0 Å². The Morgan fingerprint density at radius 3 is 2.91 bits per heavy atom. The molecule has 8 heteroatoms. The highest BCUT2D eigenvalue weighted by Gasteiger charge is 2.31. The van der Waals surface area contributed by atoms with E-state index < -0.39 is 11.7 Å². The van der Waals surface area contributed by atoms with Crippen LogP contribution in [0.15, 0.2) is 28.8 Å². The Bertz CT molecular complexity index is 672. The van der Waals surface area contributed by atoms with Crippen molar-refractivity contribution in [2.24, 2.45) is 0 Å². The molecule has 1 atom stereocenters. The summed E-state index contributed by atoms with van der Waals surface area (Å²) in [6.07, 6.45) is -2.52. The number of rotatable bonds is 4. The highest BCUT2D eigenvalue weighted by atomic mass is 19.4. The molecule has 1 unspecified atom stereocenters. The third-order valence-corrected chi connectivity index (χ3v) is 3.96. The van der Waals surface area contributed by atoms with E-state index in [9.17, 15) is 18.3 Å². The molecule has 1 aromatic carbocycles. The van der Waals surface area contributed by atoms with Crippen LogP contribution in [0.5, 0.6) is 0 Å². The molecule has 1 aromatic heterocycles. The predicted octanol–water partition coefficient (Wildman–Crippen LogP) is 2.71. The number of benzene rings is 1. The Kier molecular flexibility index (Phi) is 4.36. The van der Waals surface area contributed by atoms with Gasteiger partial charge in [0.15, 0.2) is 0 Å². The number of hydrogen-bond acceptors (Lipinski definition) is 5. The molecular formula is C15H16F3N3O2. The van der Waals surface area contributed by atoms with Crippen molar-refractivity contribution in [3.8, 4) is 11.4 Å². The van der Waals surface area contributed by atoms with Crippen molar-refractivity contribution < 1.29 is 22.8 Å². The van der Waals surface area contributed by atoms with E-state index >= 15 is 0 Å². The maximum absolute atomic E-state index is 12.7. The average molecular weight is 327 g/mol. The zero-order valence-electron chi connectivity index (χ0n) is 12.3. The molecule has 5 nitrogen and oxygen atoms in total. The van der Waals surface area contributed by atoms with Gasteiger partial charge in [-0.25, -0.2) is 0 Å². The SMILES string of the molecule is OCC1CCCN1Cc1nc(-c2cccc(C(F)(F)F)c2)no1. The third kappa shape index (κ3) is 3.53. The van der Waals surface area contributed by atoms with Crippen LogP contribution in [0.2, 0.25) is 0 Å². The van der Waals surface area contributed by atoms with Crippen molar-refractivity contribution >= 4 is 0 Å². The van der Waals surface area contributed by atoms with Gasteiger partial charge in [-0.1, -0.05) is 17.3 Å². The topological polar surface area (TPSA) is 62.4 Å². The van der Waals surface area contributed by atoms with Crippen molar-refractivity contribution in [1.29, 1.82) is 0 Å². The molecule has 3 rings (SSSR count). The number of aromatic nitrogens is 2. The maximum atomic E-state index is 12.7. The molecular weight excluding hydrogens is 311 g/mol. The molecule has 0 saturated carbocycles. The fourth-order valence-electron chi connectivity index (χ4n) is 2.75. The number of hydrogen-bond donors (Lipinski definition) is 1. The normalized spacial score (nSPS) is 19.4. The van der Waals surface area contributed by atoms with Gasteiger partial charge in [-0.2, -0.15) is 18.2 Å². The molecule has 2 heterocycles. The van der Waals surface area contributed by atoms with Gasteiger partial charge in [0.05, 0.1) is 18.7 Å². The van der Waals surface area contributed by atoms with E-state index in [1.165, 1.54) is 12.1 Å². The fraction of sp³-hybridized carbons (Fsp3) is 0.467. The van der Waals surface area contributed by atoms with Crippen molar-refractivity contribution in [2.75, 3.05) is 13.2 Å². The Hall–Kier alpha value is -1.93. The van der Waals surface area contributed by atoms with Crippen LogP contribution in [-0.2, 0) is 12.7 Å². The van der Waals surface area contributed by atoms with Gasteiger partial charge < -0.3 is 9.63 Å². The molecule has 1 aliphatic heterocycles. The summed E-state index contributed by atoms with van der Waals surface area (Å²) in [5.74, 6) is 0.462. The summed E-state index contributed by atoms with van der Waals surface area (Å²) < 4.78 is 43.4. The molecule has 0 aliphatic carbocycles. The number of nitrogens with zero attached hydrogens (tertiary/aromatic N) is 3. The summed E-state index contributed by atoms with van der Waals surface area (Å²) >= 11 is 0. The van der Waals surface area contributed by atoms with E-state index in [2.05, 4.69) is 10.1 Å². The Morgan fingerprint density at radius 1 is 1.35 bits per heavy atom. The minimum Gasteiger partial charge on any atom is -0.395 e. The zero-order chi connectivity index (χ0) is 16.4. The lowest BCUT2D eigenvalue weighted by Gasteiger charge is -2.20. The van der Waals surface area contributed by atoms with Gasteiger partial charge in [0.1, 0.15) is 0 Å². The number of aliphatic hydroxyl groups is 1. The highest BCUT2D eigenvalue weighted by Crippen LogP contribution is 2.31. The largest absolute Gasteiger partial charge is 0.416 e. The monoisotopic (exact) mass is 327 g/mol. The number of halogens is 3. The van der Waals surface area contributed by atoms with Crippen LogP contribution < -0.4 is 0 Å². The van der Waals surface area contributed by atoms with Crippen LogP contribution >= 0.6 is 0 Å². The van der Waals surface area contributed by atoms with Crippen molar-refractivity contribution in [2.45, 2.75) is 31.6 Å². The van der Waals surface area contributed by atoms with Crippen molar-refractivity contribution in [1.82, 2.24) is 15.0 Å². The van der Waals surface area contributed by atoms with Gasteiger partial charge in [-0.05, 0) is 31.5 Å². The fourth-order valence-corrected chi connectivity index (χ4v) is 2.75. The standard InChI is InChI=1S/C15H16F3N3O2/c16-15(17,18)11-4-1-3-10(7-11)14-19-13(23-20-14)8-21-6-2-5-12(21)9-22/h1,3-4,7,12,22H,2,5-6,8-9H2. The van der Waals surface area contributed by atoms with E-state index in [0.29, 0.717) is 12.4 Å². The van der Waals surface area contributed by atoms with Crippen LogP contribution in [0.3, 0.4) is 0 Å². The Balaban J connectivity index is 1.77. The molecule has 1 fully saturated rings.